The van der Waals surface area contributed by atoms with Crippen molar-refractivity contribution in [3.63, 3.8) is 0 Å². The average Bonchev–Trinajstić information content (AvgIpc) is 3.01. The van der Waals surface area contributed by atoms with Gasteiger partial charge in [0, 0.05) is 37.2 Å². The molecule has 0 aromatic rings. The Morgan fingerprint density at radius 2 is 2.18 bits per heavy atom. The van der Waals surface area contributed by atoms with Gasteiger partial charge in [0.1, 0.15) is 4.32 Å². The van der Waals surface area contributed by atoms with Gasteiger partial charge in [-0.1, -0.05) is 51.2 Å². The number of hydrogen-bond donors (Lipinski definition) is 0. The highest BCUT2D eigenvalue weighted by atomic mass is 32.2. The van der Waals surface area contributed by atoms with Crippen LogP contribution in [0.4, 0.5) is 0 Å². The first-order valence-electron chi connectivity index (χ1n) is 8.24. The zero-order valence-corrected chi connectivity index (χ0v) is 15.3. The highest BCUT2D eigenvalue weighted by Gasteiger charge is 2.39. The Morgan fingerprint density at radius 3 is 2.82 bits per heavy atom. The van der Waals surface area contributed by atoms with Gasteiger partial charge in [-0.3, -0.25) is 14.5 Å². The third-order valence-electron chi connectivity index (χ3n) is 4.56. The van der Waals surface area contributed by atoms with Gasteiger partial charge in [-0.05, 0) is 18.8 Å². The fourth-order valence-corrected chi connectivity index (χ4v) is 4.82. The minimum atomic E-state index is 0.0627. The van der Waals surface area contributed by atoms with E-state index in [-0.39, 0.29) is 23.9 Å². The van der Waals surface area contributed by atoms with E-state index in [4.69, 9.17) is 12.2 Å². The zero-order chi connectivity index (χ0) is 16.3. The quantitative estimate of drug-likeness (QED) is 0.696. The van der Waals surface area contributed by atoms with Gasteiger partial charge >= 0.3 is 0 Å². The van der Waals surface area contributed by atoms with Crippen molar-refractivity contribution >= 4 is 40.1 Å². The van der Waals surface area contributed by atoms with Crippen molar-refractivity contribution in [2.75, 3.05) is 12.3 Å². The van der Waals surface area contributed by atoms with Gasteiger partial charge < -0.3 is 4.90 Å². The number of nitrogens with zero attached hydrogens (tertiary/aromatic N) is 2. The summed E-state index contributed by atoms with van der Waals surface area (Å²) >= 11 is 6.96. The summed E-state index contributed by atoms with van der Waals surface area (Å²) < 4.78 is 0.702. The van der Waals surface area contributed by atoms with Crippen molar-refractivity contribution in [3.05, 3.63) is 0 Å². The van der Waals surface area contributed by atoms with Crippen LogP contribution in [0.15, 0.2) is 0 Å². The monoisotopic (exact) mass is 342 g/mol. The molecule has 0 bridgehead atoms. The summed E-state index contributed by atoms with van der Waals surface area (Å²) in [5.74, 6) is 1.59. The molecule has 2 saturated heterocycles. The van der Waals surface area contributed by atoms with Crippen LogP contribution in [-0.4, -0.2) is 50.3 Å². The Balaban J connectivity index is 2.01. The van der Waals surface area contributed by atoms with Crippen LogP contribution in [0.3, 0.4) is 0 Å². The van der Waals surface area contributed by atoms with E-state index < -0.39 is 0 Å². The van der Waals surface area contributed by atoms with Crippen LogP contribution in [0.25, 0.3) is 0 Å². The lowest BCUT2D eigenvalue weighted by molar-refractivity contribution is -0.132. The van der Waals surface area contributed by atoms with E-state index in [0.717, 1.165) is 31.6 Å². The van der Waals surface area contributed by atoms with Gasteiger partial charge in [-0.25, -0.2) is 0 Å². The van der Waals surface area contributed by atoms with Crippen LogP contribution in [0.1, 0.15) is 52.9 Å². The summed E-state index contributed by atoms with van der Waals surface area (Å²) in [6, 6.07) is 0.263. The lowest BCUT2D eigenvalue weighted by Crippen LogP contribution is -2.44. The molecule has 6 heteroatoms. The predicted octanol–water partition coefficient (Wildman–Crippen LogP) is 3.05. The molecule has 0 spiro atoms. The zero-order valence-electron chi connectivity index (χ0n) is 13.7. The van der Waals surface area contributed by atoms with Crippen molar-refractivity contribution in [1.29, 1.82) is 0 Å². The number of carbonyl (C=O) groups is 2. The average molecular weight is 343 g/mol. The molecular formula is C16H26N2O2S2. The highest BCUT2D eigenvalue weighted by Crippen LogP contribution is 2.31. The van der Waals surface area contributed by atoms with E-state index in [1.54, 1.807) is 11.8 Å². The third kappa shape index (κ3) is 3.82. The summed E-state index contributed by atoms with van der Waals surface area (Å²) in [5.41, 5.74) is 0. The van der Waals surface area contributed by atoms with Gasteiger partial charge in [0.05, 0.1) is 0 Å². The molecule has 0 aromatic carbocycles. The van der Waals surface area contributed by atoms with Crippen molar-refractivity contribution in [2.24, 2.45) is 5.92 Å². The third-order valence-corrected chi connectivity index (χ3v) is 6.06. The summed E-state index contributed by atoms with van der Waals surface area (Å²) in [7, 11) is 0. The molecule has 2 heterocycles. The Hall–Kier alpha value is -0.620. The van der Waals surface area contributed by atoms with Crippen molar-refractivity contribution < 1.29 is 9.59 Å². The van der Waals surface area contributed by atoms with Gasteiger partial charge in [-0.15, -0.1) is 0 Å². The number of hydrogen-bond acceptors (Lipinski definition) is 4. The van der Waals surface area contributed by atoms with Crippen molar-refractivity contribution in [2.45, 2.75) is 65.0 Å². The van der Waals surface area contributed by atoms with E-state index in [1.165, 1.54) is 0 Å². The summed E-state index contributed by atoms with van der Waals surface area (Å²) in [5, 5.41) is 0. The molecule has 0 radical (unpaired) electrons. The van der Waals surface area contributed by atoms with Crippen molar-refractivity contribution in [1.82, 2.24) is 9.80 Å². The van der Waals surface area contributed by atoms with Crippen molar-refractivity contribution in [3.8, 4) is 0 Å². The molecular weight excluding hydrogens is 316 g/mol. The molecule has 2 atom stereocenters. The van der Waals surface area contributed by atoms with Gasteiger partial charge in [-0.2, -0.15) is 0 Å². The van der Waals surface area contributed by atoms with Crippen LogP contribution in [0, 0.1) is 5.92 Å². The van der Waals surface area contributed by atoms with E-state index >= 15 is 0 Å². The highest BCUT2D eigenvalue weighted by molar-refractivity contribution is 8.23. The van der Waals surface area contributed by atoms with E-state index in [0.29, 0.717) is 23.1 Å². The summed E-state index contributed by atoms with van der Waals surface area (Å²) in [4.78, 5) is 28.5. The number of carbonyl (C=O) groups excluding carboxylic acids is 2. The van der Waals surface area contributed by atoms with E-state index in [1.807, 2.05) is 9.80 Å². The number of amides is 2. The van der Waals surface area contributed by atoms with Crippen LogP contribution < -0.4 is 0 Å². The van der Waals surface area contributed by atoms with Crippen LogP contribution in [0.2, 0.25) is 0 Å². The number of unbranched alkanes of at least 4 members (excludes halogenated alkanes) is 1. The Kier molecular flexibility index (Phi) is 6.26. The second kappa shape index (κ2) is 7.77. The normalized spacial score (nSPS) is 25.6. The summed E-state index contributed by atoms with van der Waals surface area (Å²) in [6.07, 6.45) is 3.86. The van der Waals surface area contributed by atoms with Crippen LogP contribution >= 0.6 is 24.0 Å². The van der Waals surface area contributed by atoms with E-state index in [9.17, 15) is 9.59 Å². The molecule has 2 amide bonds. The second-order valence-electron chi connectivity index (χ2n) is 6.49. The number of rotatable bonds is 6. The molecule has 4 nitrogen and oxygen atoms in total. The van der Waals surface area contributed by atoms with Gasteiger partial charge in [0.15, 0.2) is 0 Å². The first-order chi connectivity index (χ1) is 10.5. The molecule has 0 N–H and O–H groups in total. The molecule has 2 aliphatic heterocycles. The first-order valence-corrected chi connectivity index (χ1v) is 9.63. The lowest BCUT2D eigenvalue weighted by Gasteiger charge is -2.30. The lowest BCUT2D eigenvalue weighted by atomic mass is 10.0. The van der Waals surface area contributed by atoms with Gasteiger partial charge in [0.25, 0.3) is 0 Å². The predicted molar refractivity (Wildman–Crippen MR) is 94.8 cm³/mol. The molecule has 124 valence electrons. The molecule has 2 aliphatic rings. The molecule has 2 rings (SSSR count). The molecule has 0 aliphatic carbocycles. The molecule has 2 fully saturated rings. The molecule has 0 saturated carbocycles. The Morgan fingerprint density at radius 1 is 1.45 bits per heavy atom. The van der Waals surface area contributed by atoms with Gasteiger partial charge in [0.2, 0.25) is 11.8 Å². The molecule has 0 unspecified atom stereocenters. The Labute approximate surface area is 143 Å². The second-order valence-corrected chi connectivity index (χ2v) is 8.14. The maximum atomic E-state index is 12.7. The fourth-order valence-electron chi connectivity index (χ4n) is 3.15. The molecule has 22 heavy (non-hydrogen) atoms. The SMILES string of the molecule is CCCCN1C(=O)CC[C@H]1CC(=O)N1C(=S)SC[C@@H]1C(C)C. The van der Waals surface area contributed by atoms with Crippen LogP contribution in [-0.2, 0) is 9.59 Å². The first kappa shape index (κ1) is 17.7. The minimum Gasteiger partial charge on any atom is -0.339 e. The topological polar surface area (TPSA) is 40.6 Å². The maximum Gasteiger partial charge on any atom is 0.230 e. The minimum absolute atomic E-state index is 0.0627. The maximum absolute atomic E-state index is 12.7. The number of thiocarbonyl (C=S) groups is 1. The fraction of sp³-hybridized carbons (Fsp3) is 0.812. The summed E-state index contributed by atoms with van der Waals surface area (Å²) in [6.45, 7) is 7.16. The Bertz CT molecular complexity index is 453. The van der Waals surface area contributed by atoms with E-state index in [2.05, 4.69) is 20.8 Å². The number of thioether (sulfide) groups is 1. The van der Waals surface area contributed by atoms with Crippen LogP contribution in [0.5, 0.6) is 0 Å². The molecule has 0 aromatic heterocycles. The number of likely N-dealkylation sites (tertiary alicyclic amines) is 1. The largest absolute Gasteiger partial charge is 0.339 e. The standard InChI is InChI=1S/C16H26N2O2S2/c1-4-5-8-17-12(6-7-14(17)19)9-15(20)18-13(11(2)3)10-22-16(18)21/h11-13H,4-10H2,1-3H3/t12-,13+/m0/s1. The smallest absolute Gasteiger partial charge is 0.230 e.